The minimum Gasteiger partial charge on any atom is -0.480 e. The first-order valence-electron chi connectivity index (χ1n) is 11.5. The molecule has 1 fully saturated rings. The van der Waals surface area contributed by atoms with Gasteiger partial charge in [-0.1, -0.05) is 12.2 Å². The molecule has 1 saturated heterocycles. The Bertz CT molecular complexity index is 858. The van der Waals surface area contributed by atoms with Crippen molar-refractivity contribution in [1.82, 2.24) is 16.0 Å². The molecule has 3 amide bonds. The topological polar surface area (TPSA) is 278 Å². The van der Waals surface area contributed by atoms with Gasteiger partial charge in [-0.05, 0) is 6.42 Å². The maximum Gasteiger partial charge on any atom is 0.322 e. The summed E-state index contributed by atoms with van der Waals surface area (Å²) in [4.78, 5) is 58.0. The van der Waals surface area contributed by atoms with E-state index in [4.69, 9.17) is 20.7 Å². The molecule has 0 aliphatic carbocycles. The Balaban J connectivity index is 2.52. The molecule has 0 radical (unpaired) electrons. The number of aliphatic hydroxyl groups is 4. The molecule has 1 heterocycles. The summed E-state index contributed by atoms with van der Waals surface area (Å²) in [6, 6.07) is -2.37. The van der Waals surface area contributed by atoms with E-state index in [1.807, 2.05) is 0 Å². The summed E-state index contributed by atoms with van der Waals surface area (Å²) >= 11 is 1.17. The molecule has 0 aromatic rings. The predicted octanol–water partition coefficient (Wildman–Crippen LogP) is -4.54. The minimum atomic E-state index is -1.63. The van der Waals surface area contributed by atoms with Crippen molar-refractivity contribution in [2.24, 2.45) is 5.73 Å². The summed E-state index contributed by atoms with van der Waals surface area (Å²) < 4.78 is 5.19. The fraction of sp³-hybridized carbons (Fsp3) is 0.667. The number of carboxylic acid groups (broad SMARTS) is 2. The summed E-state index contributed by atoms with van der Waals surface area (Å²) in [5.74, 6) is -4.23. The van der Waals surface area contributed by atoms with Crippen LogP contribution in [-0.2, 0) is 28.7 Å². The van der Waals surface area contributed by atoms with Crippen LogP contribution in [0, 0.1) is 0 Å². The monoisotopic (exact) mass is 566 g/mol. The smallest absolute Gasteiger partial charge is 0.322 e. The Morgan fingerprint density at radius 3 is 2.29 bits per heavy atom. The second-order valence-electron chi connectivity index (χ2n) is 8.25. The lowest BCUT2D eigenvalue weighted by atomic mass is 9.98. The Morgan fingerprint density at radius 2 is 1.68 bits per heavy atom. The van der Waals surface area contributed by atoms with Crippen molar-refractivity contribution in [3.05, 3.63) is 12.2 Å². The normalized spacial score (nSPS) is 24.8. The average Bonchev–Trinajstić information content (AvgIpc) is 2.87. The highest BCUT2D eigenvalue weighted by atomic mass is 32.2. The van der Waals surface area contributed by atoms with Gasteiger partial charge >= 0.3 is 11.9 Å². The average molecular weight is 567 g/mol. The van der Waals surface area contributed by atoms with Gasteiger partial charge in [0.1, 0.15) is 43.0 Å². The number of carbonyl (C=O) groups excluding carboxylic acids is 3. The predicted molar refractivity (Wildman–Crippen MR) is 130 cm³/mol. The third-order valence-corrected chi connectivity index (χ3v) is 6.23. The molecule has 17 heteroatoms. The van der Waals surface area contributed by atoms with Gasteiger partial charge in [0.2, 0.25) is 17.7 Å². The number of ether oxygens (including phenoxy) is 1. The molecule has 0 spiro atoms. The number of hydrogen-bond donors (Lipinski definition) is 10. The minimum absolute atomic E-state index is 0.0313. The number of amides is 3. The van der Waals surface area contributed by atoms with Gasteiger partial charge in [-0.15, -0.1) is 0 Å². The third kappa shape index (κ3) is 11.7. The lowest BCUT2D eigenvalue weighted by Gasteiger charge is -2.40. The van der Waals surface area contributed by atoms with E-state index in [0.717, 1.165) is 0 Å². The van der Waals surface area contributed by atoms with Crippen molar-refractivity contribution >= 4 is 41.4 Å². The van der Waals surface area contributed by atoms with Crippen LogP contribution >= 0.6 is 11.8 Å². The van der Waals surface area contributed by atoms with Crippen LogP contribution in [0.3, 0.4) is 0 Å². The number of carbonyl (C=O) groups is 5. The number of thioether (sulfide) groups is 1. The maximum absolute atomic E-state index is 12.3. The van der Waals surface area contributed by atoms with Gasteiger partial charge in [0, 0.05) is 24.3 Å². The van der Waals surface area contributed by atoms with E-state index in [0.29, 0.717) is 0 Å². The quantitative estimate of drug-likeness (QED) is 0.0622. The summed E-state index contributed by atoms with van der Waals surface area (Å²) in [6.07, 6.45) is -4.84. The number of carboxylic acids is 2. The molecular formula is C21H34N4O12S. The molecular weight excluding hydrogens is 532 g/mol. The molecule has 0 unspecified atom stereocenters. The van der Waals surface area contributed by atoms with Crippen LogP contribution in [0.5, 0.6) is 0 Å². The van der Waals surface area contributed by atoms with Crippen LogP contribution in [0.25, 0.3) is 0 Å². The van der Waals surface area contributed by atoms with E-state index >= 15 is 0 Å². The van der Waals surface area contributed by atoms with Gasteiger partial charge in [0.15, 0.2) is 6.23 Å². The molecule has 7 atom stereocenters. The van der Waals surface area contributed by atoms with Crippen molar-refractivity contribution < 1.29 is 59.3 Å². The van der Waals surface area contributed by atoms with Crippen molar-refractivity contribution in [1.29, 1.82) is 0 Å². The number of aliphatic hydroxyl groups excluding tert-OH is 4. The van der Waals surface area contributed by atoms with Crippen LogP contribution in [0.4, 0.5) is 0 Å². The summed E-state index contributed by atoms with van der Waals surface area (Å²) in [5.41, 5.74) is 5.35. The zero-order valence-electron chi connectivity index (χ0n) is 20.3. The maximum atomic E-state index is 12.3. The third-order valence-electron chi connectivity index (χ3n) is 5.23. The van der Waals surface area contributed by atoms with E-state index < -0.39 is 85.5 Å². The van der Waals surface area contributed by atoms with E-state index in [9.17, 15) is 44.4 Å². The van der Waals surface area contributed by atoms with Crippen LogP contribution in [0.2, 0.25) is 0 Å². The standard InChI is InChI=1S/C21H34N4O12S/c22-10(21(35)36)4-5-14(28)24-11(19(34)23-7-15(29)30)9-38-6-2-1-3-13(27)25-20-18(33)17(32)16(31)12(8-26)37-20/h1-2,10-12,16-18,20,26,31-33H,3-9,22H2,(H,23,34)(H,24,28)(H,25,27)(H,29,30)(H,35,36)/b2-1+/t10-,11-,12+,16+,17-,18+,20+/m0/s1. The number of aliphatic carboxylic acids is 2. The number of rotatable bonds is 16. The lowest BCUT2D eigenvalue weighted by Crippen LogP contribution is -2.63. The molecule has 1 rings (SSSR count). The molecule has 0 aromatic heterocycles. The first-order chi connectivity index (χ1) is 17.9. The van der Waals surface area contributed by atoms with Crippen LogP contribution in [0.1, 0.15) is 19.3 Å². The lowest BCUT2D eigenvalue weighted by molar-refractivity contribution is -0.235. The molecule has 0 saturated carbocycles. The van der Waals surface area contributed by atoms with Crippen LogP contribution in [0.15, 0.2) is 12.2 Å². The highest BCUT2D eigenvalue weighted by Gasteiger charge is 2.43. The summed E-state index contributed by atoms with van der Waals surface area (Å²) in [6.45, 7) is -1.30. The first-order valence-corrected chi connectivity index (χ1v) is 12.6. The highest BCUT2D eigenvalue weighted by Crippen LogP contribution is 2.19. The molecule has 0 bridgehead atoms. The van der Waals surface area contributed by atoms with E-state index in [-0.39, 0.29) is 30.8 Å². The zero-order chi connectivity index (χ0) is 28.8. The summed E-state index contributed by atoms with van der Waals surface area (Å²) in [5, 5.41) is 63.1. The fourth-order valence-electron chi connectivity index (χ4n) is 3.10. The van der Waals surface area contributed by atoms with Crippen molar-refractivity contribution in [2.45, 2.75) is 62.0 Å². The Labute approximate surface area is 221 Å². The number of nitrogens with one attached hydrogen (secondary N) is 3. The number of nitrogens with two attached hydrogens (primary N) is 1. The molecule has 216 valence electrons. The van der Waals surface area contributed by atoms with Gasteiger partial charge in [0.05, 0.1) is 6.61 Å². The molecule has 0 aromatic carbocycles. The zero-order valence-corrected chi connectivity index (χ0v) is 21.1. The molecule has 38 heavy (non-hydrogen) atoms. The second kappa shape index (κ2) is 16.9. The van der Waals surface area contributed by atoms with Gasteiger partial charge in [-0.2, -0.15) is 11.8 Å². The van der Waals surface area contributed by atoms with E-state index in [1.54, 1.807) is 6.08 Å². The Hall–Kier alpha value is -2.80. The van der Waals surface area contributed by atoms with Gasteiger partial charge in [-0.3, -0.25) is 24.0 Å². The first kappa shape index (κ1) is 33.2. The van der Waals surface area contributed by atoms with Gasteiger partial charge in [0.25, 0.3) is 0 Å². The van der Waals surface area contributed by atoms with Gasteiger partial charge < -0.3 is 57.1 Å². The van der Waals surface area contributed by atoms with Crippen LogP contribution in [-0.4, -0.2) is 128 Å². The van der Waals surface area contributed by atoms with Crippen molar-refractivity contribution in [3.8, 4) is 0 Å². The van der Waals surface area contributed by atoms with E-state index in [1.165, 1.54) is 17.8 Å². The highest BCUT2D eigenvalue weighted by molar-refractivity contribution is 7.99. The van der Waals surface area contributed by atoms with E-state index in [2.05, 4.69) is 16.0 Å². The molecule has 16 nitrogen and oxygen atoms in total. The number of hydrogen-bond acceptors (Lipinski definition) is 12. The second-order valence-corrected chi connectivity index (χ2v) is 9.32. The molecule has 1 aliphatic heterocycles. The summed E-state index contributed by atoms with van der Waals surface area (Å²) in [7, 11) is 0. The van der Waals surface area contributed by atoms with Gasteiger partial charge in [-0.25, -0.2) is 0 Å². The fourth-order valence-corrected chi connectivity index (χ4v) is 3.97. The molecule has 11 N–H and O–H groups in total. The molecule has 1 aliphatic rings. The Kier molecular flexibility index (Phi) is 14.8. The van der Waals surface area contributed by atoms with Crippen molar-refractivity contribution in [3.63, 3.8) is 0 Å². The largest absolute Gasteiger partial charge is 0.480 e. The SMILES string of the molecule is N[C@@H](CCC(=O)N[C@@H](CSC/C=C/CC(=O)N[C@@H]1O[C@H](CO)[C@@H](O)[C@H](O)[C@H]1O)C(=O)NCC(=O)O)C(=O)O. The van der Waals surface area contributed by atoms with Crippen LogP contribution < -0.4 is 21.7 Å². The van der Waals surface area contributed by atoms with Crippen molar-refractivity contribution in [2.75, 3.05) is 24.7 Å². The Morgan fingerprint density at radius 1 is 1.00 bits per heavy atom.